The molecule has 0 atom stereocenters. The zero-order chi connectivity index (χ0) is 18.6. The van der Waals surface area contributed by atoms with Crippen molar-refractivity contribution in [2.75, 3.05) is 45.8 Å². The number of rotatable bonds is 4. The lowest BCUT2D eigenvalue weighted by atomic mass is 10.2. The molecule has 0 unspecified atom stereocenters. The van der Waals surface area contributed by atoms with Gasteiger partial charge in [-0.05, 0) is 43.9 Å². The summed E-state index contributed by atoms with van der Waals surface area (Å²) in [4.78, 5) is 15.6. The predicted molar refractivity (Wildman–Crippen MR) is 95.8 cm³/mol. The van der Waals surface area contributed by atoms with Gasteiger partial charge in [-0.15, -0.1) is 0 Å². The normalized spacial score (nSPS) is 20.7. The molecule has 0 spiro atoms. The number of nitrogens with one attached hydrogen (secondary N) is 1. The third-order valence-corrected chi connectivity index (χ3v) is 7.13. The summed E-state index contributed by atoms with van der Waals surface area (Å²) < 4.78 is 39.9. The van der Waals surface area contributed by atoms with E-state index in [1.807, 2.05) is 0 Å². The van der Waals surface area contributed by atoms with Crippen molar-refractivity contribution < 1.29 is 22.5 Å². The topological polar surface area (TPSA) is 62.1 Å². The first-order valence-corrected chi connectivity index (χ1v) is 10.8. The molecule has 144 valence electrons. The summed E-state index contributed by atoms with van der Waals surface area (Å²) in [7, 11) is -3.72. The van der Waals surface area contributed by atoms with Gasteiger partial charge in [0.15, 0.2) is 6.54 Å². The first-order valence-electron chi connectivity index (χ1n) is 9.34. The second-order valence-electron chi connectivity index (χ2n) is 7.08. The quantitative estimate of drug-likeness (QED) is 0.802. The molecule has 0 aromatic heterocycles. The minimum atomic E-state index is -3.72. The van der Waals surface area contributed by atoms with Gasteiger partial charge in [-0.3, -0.25) is 4.79 Å². The maximum absolute atomic E-state index is 13.3. The Bertz CT molecular complexity index is 725. The number of halogens is 1. The van der Waals surface area contributed by atoms with E-state index in [-0.39, 0.29) is 23.9 Å². The second-order valence-corrected chi connectivity index (χ2v) is 9.02. The standard InChI is InChI=1S/C18H26FN3O3S/c19-16-6-5-7-17(14-16)26(24,25)22-12-10-21(11-13-22)18(23)15-20-8-3-1-2-4-9-20/h5-7,14H,1-4,8-13,15H2/p+1. The van der Waals surface area contributed by atoms with Gasteiger partial charge in [0.05, 0.1) is 18.0 Å². The predicted octanol–water partition coefficient (Wildman–Crippen LogP) is 0.118. The van der Waals surface area contributed by atoms with Crippen LogP contribution >= 0.6 is 0 Å². The fourth-order valence-corrected chi connectivity index (χ4v) is 5.14. The summed E-state index contributed by atoms with van der Waals surface area (Å²) in [6, 6.07) is 5.06. The van der Waals surface area contributed by atoms with Crippen molar-refractivity contribution in [1.29, 1.82) is 0 Å². The van der Waals surface area contributed by atoms with Gasteiger partial charge < -0.3 is 9.80 Å². The first-order chi connectivity index (χ1) is 12.5. The lowest BCUT2D eigenvalue weighted by Gasteiger charge is -2.34. The van der Waals surface area contributed by atoms with Crippen LogP contribution in [0.1, 0.15) is 25.7 Å². The number of amides is 1. The molecule has 0 radical (unpaired) electrons. The average molecular weight is 384 g/mol. The lowest BCUT2D eigenvalue weighted by Crippen LogP contribution is -3.13. The largest absolute Gasteiger partial charge is 0.335 e. The molecular formula is C18H27FN3O3S+. The highest BCUT2D eigenvalue weighted by Crippen LogP contribution is 2.18. The van der Waals surface area contributed by atoms with Crippen LogP contribution in [0.2, 0.25) is 0 Å². The maximum atomic E-state index is 13.3. The van der Waals surface area contributed by atoms with Crippen LogP contribution < -0.4 is 4.90 Å². The Labute approximate surface area is 154 Å². The fraction of sp³-hybridized carbons (Fsp3) is 0.611. The Balaban J connectivity index is 1.55. The summed E-state index contributed by atoms with van der Waals surface area (Å²) in [5.41, 5.74) is 0. The van der Waals surface area contributed by atoms with Gasteiger partial charge in [0.2, 0.25) is 10.0 Å². The minimum Gasteiger partial charge on any atom is -0.335 e. The highest BCUT2D eigenvalue weighted by Gasteiger charge is 2.31. The Kier molecular flexibility index (Phi) is 6.26. The molecule has 0 saturated carbocycles. The van der Waals surface area contributed by atoms with E-state index in [4.69, 9.17) is 0 Å². The van der Waals surface area contributed by atoms with Crippen molar-refractivity contribution in [3.8, 4) is 0 Å². The molecule has 0 bridgehead atoms. The molecule has 1 aromatic carbocycles. The first kappa shape index (κ1) is 19.3. The van der Waals surface area contributed by atoms with E-state index < -0.39 is 15.8 Å². The van der Waals surface area contributed by atoms with Gasteiger partial charge in [0, 0.05) is 26.2 Å². The van der Waals surface area contributed by atoms with Crippen LogP contribution in [-0.2, 0) is 14.8 Å². The molecule has 3 rings (SSSR count). The van der Waals surface area contributed by atoms with Crippen LogP contribution in [0, 0.1) is 5.82 Å². The Morgan fingerprint density at radius 2 is 1.69 bits per heavy atom. The molecule has 1 N–H and O–H groups in total. The van der Waals surface area contributed by atoms with E-state index in [2.05, 4.69) is 0 Å². The molecule has 6 nitrogen and oxygen atoms in total. The third-order valence-electron chi connectivity index (χ3n) is 5.24. The molecule has 26 heavy (non-hydrogen) atoms. The van der Waals surface area contributed by atoms with Crippen LogP contribution in [0.4, 0.5) is 4.39 Å². The van der Waals surface area contributed by atoms with Gasteiger partial charge >= 0.3 is 0 Å². The number of hydrogen-bond acceptors (Lipinski definition) is 3. The van der Waals surface area contributed by atoms with Gasteiger partial charge in [-0.25, -0.2) is 12.8 Å². The number of sulfonamides is 1. The second kappa shape index (κ2) is 8.45. The lowest BCUT2D eigenvalue weighted by molar-refractivity contribution is -0.891. The van der Waals surface area contributed by atoms with Crippen molar-refractivity contribution in [1.82, 2.24) is 9.21 Å². The van der Waals surface area contributed by atoms with Crippen molar-refractivity contribution >= 4 is 15.9 Å². The van der Waals surface area contributed by atoms with Gasteiger partial charge in [-0.2, -0.15) is 4.31 Å². The van der Waals surface area contributed by atoms with E-state index >= 15 is 0 Å². The van der Waals surface area contributed by atoms with Crippen LogP contribution in [-0.4, -0.2) is 69.3 Å². The summed E-state index contributed by atoms with van der Waals surface area (Å²) in [6.45, 7) is 3.86. The van der Waals surface area contributed by atoms with E-state index in [1.165, 1.54) is 53.1 Å². The highest BCUT2D eigenvalue weighted by molar-refractivity contribution is 7.89. The van der Waals surface area contributed by atoms with Crippen LogP contribution in [0.25, 0.3) is 0 Å². The molecule has 0 aliphatic carbocycles. The van der Waals surface area contributed by atoms with Crippen LogP contribution in [0.3, 0.4) is 0 Å². The van der Waals surface area contributed by atoms with Gasteiger partial charge in [0.25, 0.3) is 5.91 Å². The summed E-state index contributed by atoms with van der Waals surface area (Å²) in [5.74, 6) is -0.468. The number of likely N-dealkylation sites (tertiary alicyclic amines) is 1. The van der Waals surface area contributed by atoms with E-state index in [0.29, 0.717) is 19.6 Å². The molecule has 1 aromatic rings. The van der Waals surface area contributed by atoms with E-state index in [9.17, 15) is 17.6 Å². The maximum Gasteiger partial charge on any atom is 0.277 e. The molecular weight excluding hydrogens is 357 g/mol. The Morgan fingerprint density at radius 3 is 2.31 bits per heavy atom. The summed E-state index contributed by atoms with van der Waals surface area (Å²) in [6.07, 6.45) is 4.83. The summed E-state index contributed by atoms with van der Waals surface area (Å²) in [5, 5.41) is 0. The molecule has 2 aliphatic heterocycles. The zero-order valence-electron chi connectivity index (χ0n) is 15.0. The van der Waals surface area contributed by atoms with Gasteiger partial charge in [0.1, 0.15) is 5.82 Å². The monoisotopic (exact) mass is 384 g/mol. The highest BCUT2D eigenvalue weighted by atomic mass is 32.2. The fourth-order valence-electron chi connectivity index (χ4n) is 3.69. The Hall–Kier alpha value is -1.51. The molecule has 2 heterocycles. The third kappa shape index (κ3) is 4.61. The van der Waals surface area contributed by atoms with E-state index in [1.54, 1.807) is 4.90 Å². The number of carbonyl (C=O) groups excluding carboxylic acids is 1. The summed E-state index contributed by atoms with van der Waals surface area (Å²) >= 11 is 0. The number of piperazine rings is 1. The smallest absolute Gasteiger partial charge is 0.277 e. The average Bonchev–Trinajstić information content (AvgIpc) is 2.90. The van der Waals surface area contributed by atoms with Crippen molar-refractivity contribution in [3.05, 3.63) is 30.1 Å². The van der Waals surface area contributed by atoms with E-state index in [0.717, 1.165) is 19.2 Å². The number of hydrogen-bond donors (Lipinski definition) is 1. The zero-order valence-corrected chi connectivity index (χ0v) is 15.8. The number of benzene rings is 1. The van der Waals surface area contributed by atoms with Crippen molar-refractivity contribution in [2.24, 2.45) is 0 Å². The number of carbonyl (C=O) groups is 1. The van der Waals surface area contributed by atoms with Crippen LogP contribution in [0.5, 0.6) is 0 Å². The molecule has 8 heteroatoms. The minimum absolute atomic E-state index is 0.0358. The molecule has 2 saturated heterocycles. The van der Waals surface area contributed by atoms with Crippen molar-refractivity contribution in [3.63, 3.8) is 0 Å². The SMILES string of the molecule is O=C(C[NH+]1CCCCCC1)N1CCN(S(=O)(=O)c2cccc(F)c2)CC1. The number of quaternary nitrogens is 1. The van der Waals surface area contributed by atoms with Gasteiger partial charge in [-0.1, -0.05) is 6.07 Å². The molecule has 2 aliphatic rings. The Morgan fingerprint density at radius 1 is 1.04 bits per heavy atom. The molecule has 2 fully saturated rings. The van der Waals surface area contributed by atoms with Crippen LogP contribution in [0.15, 0.2) is 29.2 Å². The van der Waals surface area contributed by atoms with Crippen molar-refractivity contribution in [2.45, 2.75) is 30.6 Å². The number of nitrogens with zero attached hydrogens (tertiary/aromatic N) is 2. The molecule has 1 amide bonds.